The van der Waals surface area contributed by atoms with E-state index in [2.05, 4.69) is 28.9 Å². The second-order valence-corrected chi connectivity index (χ2v) is 13.4. The van der Waals surface area contributed by atoms with Crippen LogP contribution >= 0.6 is 19.6 Å². The van der Waals surface area contributed by atoms with Gasteiger partial charge in [0.05, 0.1) is 24.9 Å². The van der Waals surface area contributed by atoms with E-state index in [1.807, 2.05) is 6.92 Å². The molecule has 240 valence electrons. The minimum Gasteiger partial charge on any atom is -0.375 e. The monoisotopic (exact) mass is 633 g/mol. The molecule has 0 spiro atoms. The number of thioether (sulfide) groups is 1. The number of hydrogen-bond acceptors (Lipinski definition) is 9. The van der Waals surface area contributed by atoms with Crippen molar-refractivity contribution in [3.8, 4) is 0 Å². The summed E-state index contributed by atoms with van der Waals surface area (Å²) in [4.78, 5) is 39.8. The van der Waals surface area contributed by atoms with Crippen LogP contribution in [0.1, 0.15) is 104 Å². The maximum atomic E-state index is 13.1. The summed E-state index contributed by atoms with van der Waals surface area (Å²) in [6, 6.07) is -0.780. The zero-order chi connectivity index (χ0) is 31.1. The van der Waals surface area contributed by atoms with E-state index in [0.29, 0.717) is 12.2 Å². The quantitative estimate of drug-likeness (QED) is 0.0390. The first-order valence-electron chi connectivity index (χ1n) is 15.0. The molecule has 1 aromatic heterocycles. The number of H-pyrrole nitrogens is 1. The van der Waals surface area contributed by atoms with Gasteiger partial charge in [-0.05, 0) is 39.1 Å². The van der Waals surface area contributed by atoms with Gasteiger partial charge in [0.1, 0.15) is 11.7 Å². The van der Waals surface area contributed by atoms with Crippen molar-refractivity contribution in [3.63, 3.8) is 0 Å². The van der Waals surface area contributed by atoms with Crippen molar-refractivity contribution in [3.05, 3.63) is 43.0 Å². The highest BCUT2D eigenvalue weighted by molar-refractivity contribution is 8.00. The Kier molecular flexibility index (Phi) is 16.5. The summed E-state index contributed by atoms with van der Waals surface area (Å²) in [5.41, 5.74) is 7.39. The molecule has 1 aromatic rings. The number of phosphoric acid groups is 1. The van der Waals surface area contributed by atoms with Gasteiger partial charge in [-0.3, -0.25) is 23.4 Å². The number of ether oxygens (including phenoxy) is 2. The van der Waals surface area contributed by atoms with Crippen LogP contribution in [0.5, 0.6) is 0 Å². The highest BCUT2D eigenvalue weighted by Gasteiger charge is 2.39. The average Bonchev–Trinajstić information content (AvgIpc) is 3.34. The van der Waals surface area contributed by atoms with Crippen molar-refractivity contribution in [2.24, 2.45) is 5.11 Å². The number of unbranched alkanes of at least 4 members (excludes halogenated alkanes) is 6. The van der Waals surface area contributed by atoms with Crippen molar-refractivity contribution < 1.29 is 28.0 Å². The summed E-state index contributed by atoms with van der Waals surface area (Å²) >= 11 is 1.48. The van der Waals surface area contributed by atoms with E-state index in [4.69, 9.17) is 24.1 Å². The number of aromatic amines is 1. The predicted molar refractivity (Wildman–Crippen MR) is 164 cm³/mol. The first-order chi connectivity index (χ1) is 20.0. The molecule has 2 heterocycles. The molecule has 15 heteroatoms. The van der Waals surface area contributed by atoms with Crippen molar-refractivity contribution >= 4 is 19.6 Å². The SMILES string of the molecule is CCCCCCCCCC(CC)SC(OP(=O)(O)OC[C@H]1O[C@@H](n2cc(C)c(=O)[nH]c2=O)C[C@@H]1N=[N+]=[N-])C(C)OCC. The molecule has 0 aromatic carbocycles. The molecule has 0 amide bonds. The maximum Gasteiger partial charge on any atom is 0.473 e. The lowest BCUT2D eigenvalue weighted by molar-refractivity contribution is -0.0333. The Morgan fingerprint density at radius 2 is 1.93 bits per heavy atom. The van der Waals surface area contributed by atoms with Crippen LogP contribution in [0.25, 0.3) is 10.4 Å². The lowest BCUT2D eigenvalue weighted by Crippen LogP contribution is -2.33. The number of hydrogen-bond donors (Lipinski definition) is 2. The van der Waals surface area contributed by atoms with Crippen LogP contribution in [-0.2, 0) is 23.1 Å². The van der Waals surface area contributed by atoms with Crippen molar-refractivity contribution in [1.29, 1.82) is 0 Å². The number of aromatic nitrogens is 2. The van der Waals surface area contributed by atoms with E-state index < -0.39 is 55.6 Å². The molecule has 42 heavy (non-hydrogen) atoms. The summed E-state index contributed by atoms with van der Waals surface area (Å²) in [5, 5.41) is 3.95. The molecule has 7 atom stereocenters. The van der Waals surface area contributed by atoms with Gasteiger partial charge in [-0.2, -0.15) is 0 Å². The van der Waals surface area contributed by atoms with E-state index >= 15 is 0 Å². The second kappa shape index (κ2) is 18.9. The fraction of sp³-hybridized carbons (Fsp3) is 0.852. The van der Waals surface area contributed by atoms with E-state index in [1.165, 1.54) is 54.6 Å². The van der Waals surface area contributed by atoms with Gasteiger partial charge < -0.3 is 14.4 Å². The van der Waals surface area contributed by atoms with Crippen molar-refractivity contribution in [1.82, 2.24) is 9.55 Å². The number of phosphoric ester groups is 1. The van der Waals surface area contributed by atoms with Crippen molar-refractivity contribution in [2.75, 3.05) is 13.2 Å². The molecule has 13 nitrogen and oxygen atoms in total. The van der Waals surface area contributed by atoms with E-state index in [-0.39, 0.29) is 11.7 Å². The summed E-state index contributed by atoms with van der Waals surface area (Å²) in [7, 11) is -4.59. The summed E-state index contributed by atoms with van der Waals surface area (Å²) < 4.78 is 36.9. The fourth-order valence-corrected chi connectivity index (χ4v) is 7.33. The van der Waals surface area contributed by atoms with E-state index in [9.17, 15) is 19.0 Å². The van der Waals surface area contributed by atoms with Gasteiger partial charge in [-0.15, -0.1) is 11.8 Å². The van der Waals surface area contributed by atoms with Gasteiger partial charge in [-0.1, -0.05) is 63.9 Å². The number of azide groups is 1. The summed E-state index contributed by atoms with van der Waals surface area (Å²) in [5.74, 6) is 0. The minimum atomic E-state index is -4.59. The first kappa shape index (κ1) is 36.6. The van der Waals surface area contributed by atoms with Gasteiger partial charge in [-0.25, -0.2) is 9.36 Å². The van der Waals surface area contributed by atoms with Gasteiger partial charge in [0.15, 0.2) is 0 Å². The third-order valence-corrected chi connectivity index (χ3v) is 10.0. The van der Waals surface area contributed by atoms with E-state index in [1.54, 1.807) is 13.8 Å². The highest BCUT2D eigenvalue weighted by Crippen LogP contribution is 2.49. The summed E-state index contributed by atoms with van der Waals surface area (Å²) in [6.07, 6.45) is 9.55. The first-order valence-corrected chi connectivity index (χ1v) is 17.4. The van der Waals surface area contributed by atoms with Crippen LogP contribution in [-0.4, -0.2) is 56.6 Å². The Bertz CT molecular complexity index is 1160. The highest BCUT2D eigenvalue weighted by atomic mass is 32.2. The molecule has 1 aliphatic rings. The van der Waals surface area contributed by atoms with E-state index in [0.717, 1.165) is 25.7 Å². The zero-order valence-electron chi connectivity index (χ0n) is 25.5. The van der Waals surface area contributed by atoms with Crippen LogP contribution < -0.4 is 11.2 Å². The van der Waals surface area contributed by atoms with Crippen LogP contribution in [0.4, 0.5) is 0 Å². The van der Waals surface area contributed by atoms with Crippen LogP contribution in [0.2, 0.25) is 0 Å². The molecule has 2 rings (SSSR count). The molecule has 1 aliphatic heterocycles. The number of nitrogens with one attached hydrogen (secondary N) is 1. The largest absolute Gasteiger partial charge is 0.473 e. The van der Waals surface area contributed by atoms with Crippen molar-refractivity contribution in [2.45, 2.75) is 134 Å². The van der Waals surface area contributed by atoms with Gasteiger partial charge >= 0.3 is 13.5 Å². The Labute approximate surface area is 252 Å². The number of aryl methyl sites for hydroxylation is 1. The van der Waals surface area contributed by atoms with Crippen LogP contribution in [0.3, 0.4) is 0 Å². The Morgan fingerprint density at radius 1 is 1.24 bits per heavy atom. The smallest absolute Gasteiger partial charge is 0.375 e. The maximum absolute atomic E-state index is 13.1. The lowest BCUT2D eigenvalue weighted by atomic mass is 10.1. The summed E-state index contributed by atoms with van der Waals surface area (Å²) in [6.45, 7) is 9.50. The Hall–Kier alpha value is -1.63. The topological polar surface area (TPSA) is 178 Å². The predicted octanol–water partition coefficient (Wildman–Crippen LogP) is 6.35. The Balaban J connectivity index is 2.02. The molecule has 2 N–H and O–H groups in total. The van der Waals surface area contributed by atoms with Gasteiger partial charge in [0.2, 0.25) is 0 Å². The minimum absolute atomic E-state index is 0.108. The third kappa shape index (κ3) is 12.2. The second-order valence-electron chi connectivity index (χ2n) is 10.6. The van der Waals surface area contributed by atoms with Gasteiger partial charge in [0.25, 0.3) is 5.56 Å². The molecule has 0 saturated carbocycles. The molecule has 0 bridgehead atoms. The molecule has 0 radical (unpaired) electrons. The zero-order valence-corrected chi connectivity index (χ0v) is 27.2. The average molecular weight is 634 g/mol. The molecule has 4 unspecified atom stereocenters. The van der Waals surface area contributed by atoms with Crippen LogP contribution in [0, 0.1) is 6.92 Å². The Morgan fingerprint density at radius 3 is 2.57 bits per heavy atom. The molecule has 0 aliphatic carbocycles. The molecule has 1 fully saturated rings. The lowest BCUT2D eigenvalue weighted by Gasteiger charge is -2.29. The molecular weight excluding hydrogens is 585 g/mol. The molecule has 1 saturated heterocycles. The normalized spacial score (nSPS) is 22.3. The standard InChI is InChI=1S/C27H48N5O8PS/c1-6-9-10-11-12-13-14-15-21(7-2)42-26(20(5)37-8-3)40-41(35,36)38-18-23-22(30-31-28)16-24(39-23)32-17-19(4)25(33)29-27(32)34/h17,20-24,26H,6-16,18H2,1-5H3,(H,35,36)(H,29,33,34)/t20?,21?,22-,23+,24+,26?/m0/s1. The molecular formula is C27H48N5O8PS. The third-order valence-electron chi connectivity index (χ3n) is 7.22. The number of rotatable bonds is 21. The van der Waals surface area contributed by atoms with Gasteiger partial charge in [0, 0.05) is 34.9 Å². The van der Waals surface area contributed by atoms with Crippen LogP contribution in [0.15, 0.2) is 20.9 Å². The fourth-order valence-electron chi connectivity index (χ4n) is 4.80. The number of nitrogens with zero attached hydrogens (tertiary/aromatic N) is 4.